The van der Waals surface area contributed by atoms with Gasteiger partial charge in [-0.1, -0.05) is 50.3 Å². The van der Waals surface area contributed by atoms with E-state index in [1.807, 2.05) is 0 Å². The molecule has 0 spiro atoms. The molecule has 1 nitrogen and oxygen atoms in total. The molecule has 2 rings (SSSR count). The van der Waals surface area contributed by atoms with Crippen molar-refractivity contribution >= 4 is 0 Å². The van der Waals surface area contributed by atoms with E-state index in [1.165, 1.54) is 16.7 Å². The standard InChI is InChI=1S/C16H23N/c1-12(2)14-5-4-6-15(11-14)16(17)9-7-13(3)8-10-16/h4-6,11-12H,3,7-10,17H2,1-2H3. The second kappa shape index (κ2) is 4.66. The monoisotopic (exact) mass is 229 g/mol. The van der Waals surface area contributed by atoms with Crippen molar-refractivity contribution in [2.24, 2.45) is 5.73 Å². The minimum Gasteiger partial charge on any atom is -0.321 e. The number of allylic oxidation sites excluding steroid dienone is 1. The van der Waals surface area contributed by atoms with Gasteiger partial charge >= 0.3 is 0 Å². The lowest BCUT2D eigenvalue weighted by atomic mass is 9.75. The van der Waals surface area contributed by atoms with Gasteiger partial charge in [0.15, 0.2) is 0 Å². The van der Waals surface area contributed by atoms with Crippen LogP contribution in [0, 0.1) is 0 Å². The van der Waals surface area contributed by atoms with Crippen LogP contribution in [-0.4, -0.2) is 0 Å². The molecule has 1 aliphatic rings. The molecule has 1 aliphatic carbocycles. The number of hydrogen-bond donors (Lipinski definition) is 1. The molecule has 1 heteroatoms. The average molecular weight is 229 g/mol. The van der Waals surface area contributed by atoms with Crippen LogP contribution in [0.2, 0.25) is 0 Å². The Morgan fingerprint density at radius 1 is 1.24 bits per heavy atom. The van der Waals surface area contributed by atoms with E-state index in [0.717, 1.165) is 25.7 Å². The summed E-state index contributed by atoms with van der Waals surface area (Å²) in [5.74, 6) is 0.567. The van der Waals surface area contributed by atoms with Crippen LogP contribution in [0.4, 0.5) is 0 Å². The smallest absolute Gasteiger partial charge is 0.0415 e. The Balaban J connectivity index is 2.27. The minimum atomic E-state index is -0.133. The highest BCUT2D eigenvalue weighted by Crippen LogP contribution is 2.37. The quantitative estimate of drug-likeness (QED) is 0.759. The summed E-state index contributed by atoms with van der Waals surface area (Å²) in [6.07, 6.45) is 4.21. The molecule has 17 heavy (non-hydrogen) atoms. The number of nitrogens with two attached hydrogens (primary N) is 1. The van der Waals surface area contributed by atoms with E-state index in [9.17, 15) is 0 Å². The zero-order valence-corrected chi connectivity index (χ0v) is 11.0. The van der Waals surface area contributed by atoms with Gasteiger partial charge in [-0.3, -0.25) is 0 Å². The Kier molecular flexibility index (Phi) is 3.39. The van der Waals surface area contributed by atoms with Gasteiger partial charge in [0.25, 0.3) is 0 Å². The fourth-order valence-electron chi connectivity index (χ4n) is 2.55. The normalized spacial score (nSPS) is 19.6. The summed E-state index contributed by atoms with van der Waals surface area (Å²) in [5.41, 5.74) is 10.5. The van der Waals surface area contributed by atoms with Gasteiger partial charge in [-0.25, -0.2) is 0 Å². The first kappa shape index (κ1) is 12.4. The van der Waals surface area contributed by atoms with Crippen molar-refractivity contribution in [1.82, 2.24) is 0 Å². The zero-order valence-electron chi connectivity index (χ0n) is 11.0. The third-order valence-corrected chi connectivity index (χ3v) is 3.98. The highest BCUT2D eigenvalue weighted by Gasteiger charge is 2.30. The molecule has 0 radical (unpaired) electrons. The second-order valence-electron chi connectivity index (χ2n) is 5.69. The van der Waals surface area contributed by atoms with E-state index in [2.05, 4.69) is 44.7 Å². The highest BCUT2D eigenvalue weighted by atomic mass is 14.7. The van der Waals surface area contributed by atoms with E-state index in [4.69, 9.17) is 5.73 Å². The lowest BCUT2D eigenvalue weighted by molar-refractivity contribution is 0.343. The first-order chi connectivity index (χ1) is 8.01. The summed E-state index contributed by atoms with van der Waals surface area (Å²) in [7, 11) is 0. The summed E-state index contributed by atoms with van der Waals surface area (Å²) in [4.78, 5) is 0. The van der Waals surface area contributed by atoms with Crippen molar-refractivity contribution in [3.8, 4) is 0 Å². The Morgan fingerprint density at radius 2 is 1.88 bits per heavy atom. The van der Waals surface area contributed by atoms with Crippen molar-refractivity contribution in [1.29, 1.82) is 0 Å². The predicted octanol–water partition coefficient (Wildman–Crippen LogP) is 4.09. The van der Waals surface area contributed by atoms with Crippen LogP contribution in [0.3, 0.4) is 0 Å². The maximum atomic E-state index is 6.57. The van der Waals surface area contributed by atoms with Gasteiger partial charge in [-0.05, 0) is 42.7 Å². The molecular weight excluding hydrogens is 206 g/mol. The van der Waals surface area contributed by atoms with Crippen molar-refractivity contribution in [2.45, 2.75) is 51.0 Å². The van der Waals surface area contributed by atoms with Crippen LogP contribution in [0.15, 0.2) is 36.4 Å². The van der Waals surface area contributed by atoms with Crippen molar-refractivity contribution in [3.05, 3.63) is 47.5 Å². The van der Waals surface area contributed by atoms with Gasteiger partial charge in [0.05, 0.1) is 0 Å². The molecule has 0 amide bonds. The van der Waals surface area contributed by atoms with E-state index in [1.54, 1.807) is 0 Å². The SMILES string of the molecule is C=C1CCC(N)(c2cccc(C(C)C)c2)CC1. The molecule has 1 fully saturated rings. The van der Waals surface area contributed by atoms with Gasteiger partial charge < -0.3 is 5.73 Å². The Labute approximate surface area is 105 Å². The first-order valence-electron chi connectivity index (χ1n) is 6.57. The van der Waals surface area contributed by atoms with E-state index in [0.29, 0.717) is 5.92 Å². The second-order valence-corrected chi connectivity index (χ2v) is 5.69. The van der Waals surface area contributed by atoms with Crippen molar-refractivity contribution < 1.29 is 0 Å². The molecule has 1 saturated carbocycles. The van der Waals surface area contributed by atoms with Crippen molar-refractivity contribution in [2.75, 3.05) is 0 Å². The molecule has 0 heterocycles. The molecule has 0 saturated heterocycles. The van der Waals surface area contributed by atoms with E-state index >= 15 is 0 Å². The average Bonchev–Trinajstić information content (AvgIpc) is 2.33. The minimum absolute atomic E-state index is 0.133. The van der Waals surface area contributed by atoms with Crippen LogP contribution >= 0.6 is 0 Å². The lowest BCUT2D eigenvalue weighted by Crippen LogP contribution is -2.39. The fraction of sp³-hybridized carbons (Fsp3) is 0.500. The van der Waals surface area contributed by atoms with E-state index < -0.39 is 0 Å². The molecule has 0 bridgehead atoms. The van der Waals surface area contributed by atoms with Crippen LogP contribution in [0.25, 0.3) is 0 Å². The number of rotatable bonds is 2. The molecule has 1 aromatic carbocycles. The van der Waals surface area contributed by atoms with Crippen molar-refractivity contribution in [3.63, 3.8) is 0 Å². The van der Waals surface area contributed by atoms with Gasteiger partial charge in [-0.15, -0.1) is 0 Å². The van der Waals surface area contributed by atoms with Gasteiger partial charge in [-0.2, -0.15) is 0 Å². The maximum Gasteiger partial charge on any atom is 0.0415 e. The van der Waals surface area contributed by atoms with E-state index in [-0.39, 0.29) is 5.54 Å². The number of hydrogen-bond acceptors (Lipinski definition) is 1. The fourth-order valence-corrected chi connectivity index (χ4v) is 2.55. The third-order valence-electron chi connectivity index (χ3n) is 3.98. The van der Waals surface area contributed by atoms with Crippen LogP contribution in [0.5, 0.6) is 0 Å². The van der Waals surface area contributed by atoms with Gasteiger partial charge in [0.2, 0.25) is 0 Å². The summed E-state index contributed by atoms with van der Waals surface area (Å²) >= 11 is 0. The summed E-state index contributed by atoms with van der Waals surface area (Å²) in [6, 6.07) is 8.81. The maximum absolute atomic E-state index is 6.57. The van der Waals surface area contributed by atoms with Crippen LogP contribution in [0.1, 0.15) is 56.6 Å². The highest BCUT2D eigenvalue weighted by molar-refractivity contribution is 5.32. The van der Waals surface area contributed by atoms with Gasteiger partial charge in [0.1, 0.15) is 0 Å². The molecule has 0 aromatic heterocycles. The number of benzene rings is 1. The molecule has 0 aliphatic heterocycles. The zero-order chi connectivity index (χ0) is 12.5. The third kappa shape index (κ3) is 2.61. The predicted molar refractivity (Wildman–Crippen MR) is 74.0 cm³/mol. The summed E-state index contributed by atoms with van der Waals surface area (Å²) in [5, 5.41) is 0. The first-order valence-corrected chi connectivity index (χ1v) is 6.57. The molecular formula is C16H23N. The van der Waals surface area contributed by atoms with Crippen LogP contribution < -0.4 is 5.73 Å². The topological polar surface area (TPSA) is 26.0 Å². The lowest BCUT2D eigenvalue weighted by Gasteiger charge is -2.35. The Bertz CT molecular complexity index is 407. The summed E-state index contributed by atoms with van der Waals surface area (Å²) < 4.78 is 0. The molecule has 0 atom stereocenters. The Hall–Kier alpha value is -1.08. The van der Waals surface area contributed by atoms with Gasteiger partial charge in [0, 0.05) is 5.54 Å². The van der Waals surface area contributed by atoms with Crippen LogP contribution in [-0.2, 0) is 5.54 Å². The largest absolute Gasteiger partial charge is 0.321 e. The Morgan fingerprint density at radius 3 is 2.47 bits per heavy atom. The molecule has 1 aromatic rings. The molecule has 2 N–H and O–H groups in total. The molecule has 92 valence electrons. The summed E-state index contributed by atoms with van der Waals surface area (Å²) in [6.45, 7) is 8.52. The molecule has 0 unspecified atom stereocenters.